The summed E-state index contributed by atoms with van der Waals surface area (Å²) in [6.07, 6.45) is 9.95. The van der Waals surface area contributed by atoms with E-state index < -0.39 is 17.5 Å². The van der Waals surface area contributed by atoms with E-state index in [0.717, 1.165) is 23.7 Å². The van der Waals surface area contributed by atoms with Gasteiger partial charge in [0, 0.05) is 57.8 Å². The van der Waals surface area contributed by atoms with Crippen molar-refractivity contribution in [3.8, 4) is 16.9 Å². The number of ether oxygens (including phenoxy) is 1. The molecule has 1 unspecified atom stereocenters. The van der Waals surface area contributed by atoms with Crippen LogP contribution in [0.4, 0.5) is 5.69 Å². The summed E-state index contributed by atoms with van der Waals surface area (Å²) >= 11 is 6.24. The number of halogens is 1. The molecule has 1 saturated carbocycles. The van der Waals surface area contributed by atoms with Crippen LogP contribution in [0, 0.1) is 0 Å². The maximum Gasteiger partial charge on any atom is 0.252 e. The third-order valence-corrected chi connectivity index (χ3v) is 7.12. The van der Waals surface area contributed by atoms with E-state index in [1.165, 1.54) is 37.2 Å². The molecule has 2 aromatic carbocycles. The topological polar surface area (TPSA) is 142 Å². The van der Waals surface area contributed by atoms with Crippen molar-refractivity contribution in [2.75, 3.05) is 12.4 Å². The minimum Gasteiger partial charge on any atom is -0.495 e. The highest BCUT2D eigenvalue weighted by molar-refractivity contribution is 6.31. The lowest BCUT2D eigenvalue weighted by molar-refractivity contribution is -0.119. The lowest BCUT2D eigenvalue weighted by Gasteiger charge is -2.22. The van der Waals surface area contributed by atoms with Gasteiger partial charge in [0.25, 0.3) is 5.56 Å². The lowest BCUT2D eigenvalue weighted by Crippen LogP contribution is -2.34. The third-order valence-electron chi connectivity index (χ3n) is 6.89. The van der Waals surface area contributed by atoms with Crippen molar-refractivity contribution in [3.05, 3.63) is 93.9 Å². The molecule has 0 radical (unpaired) electrons. The Labute approximate surface area is 246 Å². The second-order valence-electron chi connectivity index (χ2n) is 10.0. The van der Waals surface area contributed by atoms with Gasteiger partial charge in [-0.3, -0.25) is 23.9 Å². The van der Waals surface area contributed by atoms with E-state index in [1.54, 1.807) is 54.9 Å². The number of nitrogens with one attached hydrogen (secondary N) is 1. The van der Waals surface area contributed by atoms with Gasteiger partial charge in [0.05, 0.1) is 24.9 Å². The number of carbonyl (C=O) groups excluding carboxylic acids is 2. The van der Waals surface area contributed by atoms with Crippen LogP contribution in [0.2, 0.25) is 5.02 Å². The number of nitrogens with two attached hydrogens (primary N) is 1. The summed E-state index contributed by atoms with van der Waals surface area (Å²) in [5.41, 5.74) is 8.63. The summed E-state index contributed by atoms with van der Waals surface area (Å²) in [4.78, 5) is 52.4. The first-order valence-corrected chi connectivity index (χ1v) is 13.7. The Morgan fingerprint density at radius 3 is 2.76 bits per heavy atom. The van der Waals surface area contributed by atoms with Crippen LogP contribution < -0.4 is 21.3 Å². The van der Waals surface area contributed by atoms with Crippen LogP contribution in [0.1, 0.15) is 42.6 Å². The van der Waals surface area contributed by atoms with Crippen molar-refractivity contribution in [1.82, 2.24) is 14.5 Å². The average molecular weight is 585 g/mol. The maximum absolute atomic E-state index is 13.8. The molecule has 5 rings (SSSR count). The Morgan fingerprint density at radius 1 is 1.21 bits per heavy atom. The number of rotatable bonds is 10. The number of anilines is 1. The van der Waals surface area contributed by atoms with Gasteiger partial charge in [-0.05, 0) is 67.8 Å². The first kappa shape index (κ1) is 28.7. The fourth-order valence-electron chi connectivity index (χ4n) is 4.57. The van der Waals surface area contributed by atoms with Crippen LogP contribution in [0.5, 0.6) is 5.75 Å². The van der Waals surface area contributed by atoms with Gasteiger partial charge in [0.1, 0.15) is 18.1 Å². The van der Waals surface area contributed by atoms with Crippen molar-refractivity contribution in [1.29, 1.82) is 0 Å². The molecule has 10 nitrogen and oxygen atoms in total. The SMILES string of the molecule is COc1cn(C(CC(N)=CC=NC2CC2)C(=O)Nc2ccc3ncncc3c2)c(=O)cc1-c1cc(Cl)ccc1C(C)=O. The zero-order chi connectivity index (χ0) is 29.8. The summed E-state index contributed by atoms with van der Waals surface area (Å²) in [6.45, 7) is 1.43. The highest BCUT2D eigenvalue weighted by Gasteiger charge is 2.25. The number of amides is 1. The van der Waals surface area contributed by atoms with Gasteiger partial charge in [0.2, 0.25) is 5.91 Å². The molecule has 42 heavy (non-hydrogen) atoms. The highest BCUT2D eigenvalue weighted by atomic mass is 35.5. The maximum atomic E-state index is 13.8. The standard InChI is InChI=1S/C31H29ClN6O4/c1-18(39)24-7-3-20(32)12-25(24)26-14-30(40)38(16-29(26)42-2)28(13-21(33)9-10-35-22-4-5-22)31(41)37-23-6-8-27-19(11-23)15-34-17-36-27/h3,6-12,14-17,22,28H,4-5,13,33H2,1-2H3,(H,37,41). The van der Waals surface area contributed by atoms with Crippen molar-refractivity contribution in [2.45, 2.75) is 38.3 Å². The summed E-state index contributed by atoms with van der Waals surface area (Å²) in [5, 5.41) is 4.03. The molecule has 2 aromatic heterocycles. The number of nitrogens with zero attached hydrogens (tertiary/aromatic N) is 4. The molecule has 0 saturated heterocycles. The first-order chi connectivity index (χ1) is 20.2. The van der Waals surface area contributed by atoms with Crippen molar-refractivity contribution >= 4 is 46.1 Å². The van der Waals surface area contributed by atoms with Crippen LogP contribution >= 0.6 is 11.6 Å². The zero-order valence-corrected chi connectivity index (χ0v) is 23.8. The lowest BCUT2D eigenvalue weighted by atomic mass is 9.97. The molecular weight excluding hydrogens is 556 g/mol. The van der Waals surface area contributed by atoms with E-state index in [9.17, 15) is 14.4 Å². The molecule has 0 spiro atoms. The van der Waals surface area contributed by atoms with Gasteiger partial charge in [-0.2, -0.15) is 0 Å². The molecule has 4 aromatic rings. The Hall–Kier alpha value is -4.83. The number of fused-ring (bicyclic) bond motifs is 1. The van der Waals surface area contributed by atoms with Crippen LogP contribution in [0.3, 0.4) is 0 Å². The molecule has 3 N–H and O–H groups in total. The second kappa shape index (κ2) is 12.4. The average Bonchev–Trinajstić information content (AvgIpc) is 3.80. The molecule has 2 heterocycles. The van der Waals surface area contributed by atoms with E-state index in [2.05, 4.69) is 20.3 Å². The van der Waals surface area contributed by atoms with E-state index in [4.69, 9.17) is 22.1 Å². The molecule has 1 aliphatic carbocycles. The van der Waals surface area contributed by atoms with E-state index in [1.807, 2.05) is 0 Å². The predicted molar refractivity (Wildman–Crippen MR) is 163 cm³/mol. The minimum absolute atomic E-state index is 0.0253. The van der Waals surface area contributed by atoms with Crippen molar-refractivity contribution in [3.63, 3.8) is 0 Å². The van der Waals surface area contributed by atoms with Crippen LogP contribution in [0.25, 0.3) is 22.0 Å². The Morgan fingerprint density at radius 2 is 2.02 bits per heavy atom. The highest BCUT2D eigenvalue weighted by Crippen LogP contribution is 2.34. The fraction of sp³-hybridized carbons (Fsp3) is 0.226. The van der Waals surface area contributed by atoms with Gasteiger partial charge in [-0.1, -0.05) is 11.6 Å². The molecule has 1 fully saturated rings. The molecule has 0 aliphatic heterocycles. The van der Waals surface area contributed by atoms with E-state index in [0.29, 0.717) is 39.1 Å². The van der Waals surface area contributed by atoms with Gasteiger partial charge < -0.3 is 15.8 Å². The first-order valence-electron chi connectivity index (χ1n) is 13.3. The van der Waals surface area contributed by atoms with E-state index >= 15 is 0 Å². The number of hydrogen-bond donors (Lipinski definition) is 2. The predicted octanol–water partition coefficient (Wildman–Crippen LogP) is 4.97. The smallest absolute Gasteiger partial charge is 0.252 e. The van der Waals surface area contributed by atoms with Gasteiger partial charge in [-0.15, -0.1) is 0 Å². The summed E-state index contributed by atoms with van der Waals surface area (Å²) in [5.74, 6) is -0.389. The van der Waals surface area contributed by atoms with Gasteiger partial charge in [-0.25, -0.2) is 9.97 Å². The van der Waals surface area contributed by atoms with Crippen molar-refractivity contribution < 1.29 is 14.3 Å². The minimum atomic E-state index is -1.04. The number of benzene rings is 2. The molecule has 1 atom stereocenters. The number of allylic oxidation sites excluding steroid dienone is 2. The Kier molecular flexibility index (Phi) is 8.44. The third kappa shape index (κ3) is 6.55. The number of ketones is 1. The van der Waals surface area contributed by atoms with Crippen LogP contribution in [0.15, 0.2) is 82.7 Å². The number of carbonyl (C=O) groups is 2. The molecule has 1 amide bonds. The summed E-state index contributed by atoms with van der Waals surface area (Å²) < 4.78 is 6.92. The monoisotopic (exact) mass is 584 g/mol. The number of aliphatic imine (C=N–C) groups is 1. The van der Waals surface area contributed by atoms with Gasteiger partial charge >= 0.3 is 0 Å². The zero-order valence-electron chi connectivity index (χ0n) is 23.1. The number of aromatic nitrogens is 3. The Balaban J connectivity index is 1.55. The molecule has 11 heteroatoms. The number of Topliss-reactive ketones (excluding diaryl/α,β-unsaturated/α-hetero) is 1. The molecule has 0 bridgehead atoms. The Bertz CT molecular complexity index is 1790. The number of hydrogen-bond acceptors (Lipinski definition) is 8. The summed E-state index contributed by atoms with van der Waals surface area (Å²) in [7, 11) is 1.44. The molecular formula is C31H29ClN6O4. The van der Waals surface area contributed by atoms with E-state index in [-0.39, 0.29) is 18.0 Å². The largest absolute Gasteiger partial charge is 0.495 e. The molecule has 1 aliphatic rings. The number of pyridine rings is 1. The van der Waals surface area contributed by atoms with Gasteiger partial charge in [0.15, 0.2) is 5.78 Å². The van der Waals surface area contributed by atoms with Crippen LogP contribution in [-0.2, 0) is 4.79 Å². The molecule has 214 valence electrons. The number of methoxy groups -OCH3 is 1. The van der Waals surface area contributed by atoms with Crippen LogP contribution in [-0.4, -0.2) is 45.6 Å². The summed E-state index contributed by atoms with van der Waals surface area (Å²) in [6, 6.07) is 10.7. The fourth-order valence-corrected chi connectivity index (χ4v) is 4.74. The quantitative estimate of drug-likeness (QED) is 0.198. The second-order valence-corrected chi connectivity index (χ2v) is 10.5. The van der Waals surface area contributed by atoms with Crippen molar-refractivity contribution in [2.24, 2.45) is 10.7 Å². The normalized spacial score (nSPS) is 14.2.